The molecule has 0 aliphatic heterocycles. The van der Waals surface area contributed by atoms with Gasteiger partial charge < -0.3 is 11.1 Å². The molecule has 0 spiro atoms. The van der Waals surface area contributed by atoms with Gasteiger partial charge in [-0.05, 0) is 31.9 Å². The molecule has 3 N–H and O–H groups in total. The zero-order valence-corrected chi connectivity index (χ0v) is 14.9. The largest absolute Gasteiger partial charge is 0.346 e. The van der Waals surface area contributed by atoms with Gasteiger partial charge in [0.1, 0.15) is 0 Å². The fourth-order valence-corrected chi connectivity index (χ4v) is 4.26. The van der Waals surface area contributed by atoms with Gasteiger partial charge in [0.15, 0.2) is 5.01 Å². The Morgan fingerprint density at radius 1 is 1.36 bits per heavy atom. The third kappa shape index (κ3) is 3.05. The van der Waals surface area contributed by atoms with Gasteiger partial charge in [0.2, 0.25) is 0 Å². The topological polar surface area (TPSA) is 85.3 Å². The van der Waals surface area contributed by atoms with E-state index in [1.807, 2.05) is 35.8 Å². The molecule has 1 amide bonds. The van der Waals surface area contributed by atoms with Gasteiger partial charge in [0.05, 0.1) is 17.4 Å². The summed E-state index contributed by atoms with van der Waals surface area (Å²) in [5, 5.41) is 7.92. The molecule has 4 rings (SSSR count). The van der Waals surface area contributed by atoms with Gasteiger partial charge in [-0.3, -0.25) is 4.79 Å². The van der Waals surface area contributed by atoms with Crippen LogP contribution < -0.4 is 11.1 Å². The number of aryl methyl sites for hydroxylation is 1. The van der Waals surface area contributed by atoms with Gasteiger partial charge in [-0.2, -0.15) is 5.10 Å². The van der Waals surface area contributed by atoms with Crippen LogP contribution in [0.1, 0.15) is 40.4 Å². The van der Waals surface area contributed by atoms with Crippen molar-refractivity contribution in [3.05, 3.63) is 40.5 Å². The number of amides is 1. The minimum atomic E-state index is -0.127. The second-order valence-electron chi connectivity index (χ2n) is 6.54. The summed E-state index contributed by atoms with van der Waals surface area (Å²) >= 11 is 1.42. The first kappa shape index (κ1) is 16.2. The second kappa shape index (κ2) is 6.57. The molecule has 0 saturated heterocycles. The Balaban J connectivity index is 1.60. The molecule has 2 atom stereocenters. The maximum atomic E-state index is 12.6. The number of nitrogens with one attached hydrogen (secondary N) is 1. The van der Waals surface area contributed by atoms with Crippen molar-refractivity contribution in [2.45, 2.75) is 44.7 Å². The highest BCUT2D eigenvalue weighted by Crippen LogP contribution is 2.30. The van der Waals surface area contributed by atoms with E-state index in [1.54, 1.807) is 6.20 Å². The molecule has 3 aromatic heterocycles. The molecule has 1 aliphatic rings. The predicted molar refractivity (Wildman–Crippen MR) is 98.7 cm³/mol. The fourth-order valence-electron chi connectivity index (χ4n) is 3.43. The maximum absolute atomic E-state index is 12.6. The average molecular weight is 355 g/mol. The molecule has 0 bridgehead atoms. The number of nitrogens with zero attached hydrogens (tertiary/aromatic N) is 3. The zero-order chi connectivity index (χ0) is 17.4. The second-order valence-corrected chi connectivity index (χ2v) is 7.74. The van der Waals surface area contributed by atoms with Gasteiger partial charge in [0.25, 0.3) is 5.91 Å². The van der Waals surface area contributed by atoms with Crippen LogP contribution in [0, 0.1) is 6.92 Å². The molecule has 7 heteroatoms. The Kier molecular flexibility index (Phi) is 4.27. The summed E-state index contributed by atoms with van der Waals surface area (Å²) in [5.41, 5.74) is 8.89. The maximum Gasteiger partial charge on any atom is 0.280 e. The number of hydrogen-bond acceptors (Lipinski definition) is 5. The molecule has 130 valence electrons. The van der Waals surface area contributed by atoms with Gasteiger partial charge >= 0.3 is 0 Å². The fraction of sp³-hybridized carbons (Fsp3) is 0.389. The monoisotopic (exact) mass is 355 g/mol. The smallest absolute Gasteiger partial charge is 0.280 e. The highest BCUT2D eigenvalue weighted by atomic mass is 32.1. The van der Waals surface area contributed by atoms with Gasteiger partial charge in [-0.25, -0.2) is 9.50 Å². The molecular formula is C18H21N5OS. The number of nitrogens with two attached hydrogens (primary N) is 1. The van der Waals surface area contributed by atoms with Crippen LogP contribution >= 0.6 is 11.3 Å². The quantitative estimate of drug-likeness (QED) is 0.756. The van der Waals surface area contributed by atoms with Crippen molar-refractivity contribution >= 4 is 22.8 Å². The van der Waals surface area contributed by atoms with E-state index in [9.17, 15) is 4.79 Å². The first-order valence-electron chi connectivity index (χ1n) is 8.60. The minimum Gasteiger partial charge on any atom is -0.346 e. The lowest BCUT2D eigenvalue weighted by molar-refractivity contribution is 0.0921. The van der Waals surface area contributed by atoms with Crippen LogP contribution in [-0.2, 0) is 0 Å². The van der Waals surface area contributed by atoms with Crippen molar-refractivity contribution in [2.24, 2.45) is 5.73 Å². The molecule has 1 fully saturated rings. The van der Waals surface area contributed by atoms with Gasteiger partial charge in [0, 0.05) is 28.7 Å². The van der Waals surface area contributed by atoms with E-state index in [0.717, 1.165) is 47.3 Å². The third-order valence-corrected chi connectivity index (χ3v) is 5.78. The van der Waals surface area contributed by atoms with Crippen molar-refractivity contribution in [1.29, 1.82) is 0 Å². The summed E-state index contributed by atoms with van der Waals surface area (Å²) < 4.78 is 1.81. The average Bonchev–Trinajstić information content (AvgIpc) is 3.20. The Morgan fingerprint density at radius 3 is 3.04 bits per heavy atom. The van der Waals surface area contributed by atoms with E-state index < -0.39 is 0 Å². The summed E-state index contributed by atoms with van der Waals surface area (Å²) in [7, 11) is 0. The van der Waals surface area contributed by atoms with Gasteiger partial charge in [-0.1, -0.05) is 18.9 Å². The van der Waals surface area contributed by atoms with Crippen LogP contribution in [0.4, 0.5) is 0 Å². The van der Waals surface area contributed by atoms with E-state index in [4.69, 9.17) is 5.73 Å². The lowest BCUT2D eigenvalue weighted by Gasteiger charge is -2.28. The van der Waals surface area contributed by atoms with Gasteiger partial charge in [-0.15, -0.1) is 11.3 Å². The third-order valence-electron chi connectivity index (χ3n) is 4.81. The molecule has 25 heavy (non-hydrogen) atoms. The molecule has 1 aliphatic carbocycles. The highest BCUT2D eigenvalue weighted by molar-refractivity contribution is 7.14. The number of aromatic nitrogens is 3. The lowest BCUT2D eigenvalue weighted by atomic mass is 9.91. The Labute approximate surface area is 150 Å². The normalized spacial score (nSPS) is 20.7. The zero-order valence-electron chi connectivity index (χ0n) is 14.1. The van der Waals surface area contributed by atoms with E-state index in [1.165, 1.54) is 11.3 Å². The highest BCUT2D eigenvalue weighted by Gasteiger charge is 2.25. The summed E-state index contributed by atoms with van der Waals surface area (Å²) in [6, 6.07) is 6.00. The standard InChI is InChI=1S/C18H21N5OS/c1-11-16(12-10-20-23-9-5-4-8-15(12)23)22-18(25-11)17(24)21-14-7-3-2-6-13(14)19/h4-5,8-10,13-14H,2-3,6-7,19H2,1H3,(H,21,24)/t13-,14+/m1/s1. The van der Waals surface area contributed by atoms with Crippen LogP contribution in [0.25, 0.3) is 16.8 Å². The van der Waals surface area contributed by atoms with Crippen molar-refractivity contribution in [3.8, 4) is 11.3 Å². The van der Waals surface area contributed by atoms with E-state index in [0.29, 0.717) is 5.01 Å². The number of hydrogen-bond donors (Lipinski definition) is 2. The SMILES string of the molecule is Cc1sc(C(=O)N[C@H]2CCCC[C@H]2N)nc1-c1cnn2ccccc12. The number of thiazole rings is 1. The summed E-state index contributed by atoms with van der Waals surface area (Å²) in [6.07, 6.45) is 7.87. The Hall–Kier alpha value is -2.25. The van der Waals surface area contributed by atoms with Crippen molar-refractivity contribution in [2.75, 3.05) is 0 Å². The lowest BCUT2D eigenvalue weighted by Crippen LogP contribution is -2.49. The molecule has 0 aromatic carbocycles. The van der Waals surface area contributed by atoms with Crippen LogP contribution in [0.5, 0.6) is 0 Å². The summed E-state index contributed by atoms with van der Waals surface area (Å²) in [5.74, 6) is -0.127. The van der Waals surface area contributed by atoms with Crippen LogP contribution in [0.2, 0.25) is 0 Å². The molecule has 1 saturated carbocycles. The number of rotatable bonds is 3. The molecule has 3 heterocycles. The van der Waals surface area contributed by atoms with E-state index in [2.05, 4.69) is 15.4 Å². The first-order valence-corrected chi connectivity index (χ1v) is 9.42. The van der Waals surface area contributed by atoms with Crippen LogP contribution in [-0.4, -0.2) is 32.6 Å². The Morgan fingerprint density at radius 2 is 2.20 bits per heavy atom. The first-order chi connectivity index (χ1) is 12.1. The minimum absolute atomic E-state index is 0.0397. The molecule has 3 aromatic rings. The number of fused-ring (bicyclic) bond motifs is 1. The predicted octanol–water partition coefficient (Wildman–Crippen LogP) is 2.77. The van der Waals surface area contributed by atoms with E-state index >= 15 is 0 Å². The number of pyridine rings is 1. The van der Waals surface area contributed by atoms with Crippen molar-refractivity contribution < 1.29 is 4.79 Å². The molecular weight excluding hydrogens is 334 g/mol. The van der Waals surface area contributed by atoms with Crippen LogP contribution in [0.3, 0.4) is 0 Å². The molecule has 0 unspecified atom stereocenters. The van der Waals surface area contributed by atoms with Crippen molar-refractivity contribution in [3.63, 3.8) is 0 Å². The number of carbonyl (C=O) groups is 1. The number of carbonyl (C=O) groups excluding carboxylic acids is 1. The Bertz CT molecular complexity index is 915. The van der Waals surface area contributed by atoms with Crippen LogP contribution in [0.15, 0.2) is 30.6 Å². The van der Waals surface area contributed by atoms with E-state index in [-0.39, 0.29) is 18.0 Å². The molecule has 6 nitrogen and oxygen atoms in total. The summed E-state index contributed by atoms with van der Waals surface area (Å²) in [6.45, 7) is 1.99. The molecule has 0 radical (unpaired) electrons. The summed E-state index contributed by atoms with van der Waals surface area (Å²) in [4.78, 5) is 18.2. The van der Waals surface area contributed by atoms with Crippen molar-refractivity contribution in [1.82, 2.24) is 19.9 Å².